The first-order valence-electron chi connectivity index (χ1n) is 29.9. The van der Waals surface area contributed by atoms with Crippen LogP contribution in [0.1, 0.15) is 128 Å². The fraction of sp³-hybridized carbons (Fsp3) is 0.263. The molecule has 1 fully saturated rings. The van der Waals surface area contributed by atoms with Gasteiger partial charge in [-0.1, -0.05) is 181 Å². The minimum absolute atomic E-state index is 0. The van der Waals surface area contributed by atoms with Crippen LogP contribution in [0.5, 0.6) is 23.0 Å². The molecule has 4 radical (unpaired) electrons. The Labute approximate surface area is 539 Å². The van der Waals surface area contributed by atoms with Crippen LogP contribution in [0.3, 0.4) is 0 Å². The van der Waals surface area contributed by atoms with Gasteiger partial charge in [0.05, 0.1) is 44.4 Å². The second-order valence-corrected chi connectivity index (χ2v) is 26.9. The van der Waals surface area contributed by atoms with Crippen LogP contribution >= 0.6 is 25.1 Å². The van der Waals surface area contributed by atoms with Crippen molar-refractivity contribution in [2.45, 2.75) is 128 Å². The Hall–Kier alpha value is -7.09. The number of fused-ring (bicyclic) bond motifs is 22. The Morgan fingerprint density at radius 3 is 1.03 bits per heavy atom. The lowest BCUT2D eigenvalue weighted by Gasteiger charge is -2.39. The maximum atomic E-state index is 9.10. The lowest BCUT2D eigenvalue weighted by Crippen LogP contribution is -2.44. The van der Waals surface area contributed by atoms with Gasteiger partial charge in [0, 0.05) is 42.8 Å². The predicted octanol–water partition coefficient (Wildman–Crippen LogP) is 16.0. The molecule has 5 aliphatic rings. The zero-order chi connectivity index (χ0) is 63.1. The van der Waals surface area contributed by atoms with Crippen molar-refractivity contribution < 1.29 is 39.2 Å². The van der Waals surface area contributed by atoms with Gasteiger partial charge in [-0.3, -0.25) is 0 Å². The zero-order valence-corrected chi connectivity index (χ0v) is 54.4. The molecule has 0 atom stereocenters. The lowest BCUT2D eigenvalue weighted by atomic mass is 9.65. The third-order valence-corrected chi connectivity index (χ3v) is 19.4. The van der Waals surface area contributed by atoms with Gasteiger partial charge in [-0.25, -0.2) is 0 Å². The lowest BCUT2D eigenvalue weighted by molar-refractivity contribution is -0.107. The Balaban J connectivity index is 0.000000155. The van der Waals surface area contributed by atoms with Crippen LogP contribution in [0.15, 0.2) is 206 Å². The number of hydrogen-bond donors (Lipinski definition) is 4. The first-order chi connectivity index (χ1) is 41.6. The third-order valence-electron chi connectivity index (χ3n) is 19.2. The molecule has 10 aromatic carbocycles. The van der Waals surface area contributed by atoms with Crippen LogP contribution in [0.4, 0.5) is 0 Å². The van der Waals surface area contributed by atoms with Crippen LogP contribution in [0.25, 0.3) is 43.8 Å². The summed E-state index contributed by atoms with van der Waals surface area (Å²) in [6.07, 6.45) is 0. The van der Waals surface area contributed by atoms with E-state index in [-0.39, 0.29) is 13.5 Å². The van der Waals surface area contributed by atoms with Crippen LogP contribution < -0.4 is 14.9 Å². The third kappa shape index (κ3) is 10.8. The summed E-state index contributed by atoms with van der Waals surface area (Å²) in [6, 6.07) is 73.4. The highest BCUT2D eigenvalue weighted by molar-refractivity contribution is 7.59. The molecule has 3 heterocycles. The Bertz CT molecular complexity index is 4150. The quantitative estimate of drug-likeness (QED) is 0.129. The topological polar surface area (TPSA) is 118 Å². The van der Waals surface area contributed by atoms with Crippen LogP contribution in [-0.2, 0) is 20.1 Å². The minimum Gasteiger partial charge on any atom is -0.457 e. The summed E-state index contributed by atoms with van der Waals surface area (Å²) in [5.41, 5.74) is 10.0. The summed E-state index contributed by atoms with van der Waals surface area (Å²) < 4.78 is 25.9. The molecule has 0 aromatic heterocycles. The number of aliphatic hydroxyl groups is 4. The molecule has 450 valence electrons. The molecule has 0 bridgehead atoms. The van der Waals surface area contributed by atoms with E-state index in [0.717, 1.165) is 33.5 Å². The van der Waals surface area contributed by atoms with Crippen molar-refractivity contribution in [3.8, 4) is 45.3 Å². The standard InChI is InChI=1S/C35H29BO3.C29H17ClO.2C6H14O2.B2.H2S/c1-33(2)34(3,4)39-36(38-33)23-18-20-26-25(21-23)32-24-12-6-5-11-22(24)17-19-29(32)35(26)27-13-7-9-15-30(27)37-31-16-10-8-14-28(31)35;30-19-14-16-22-21(17-19)28-20-8-2-1-7-18(20)13-15-25(28)29(22)23-9-3-5-11-26(23)31-27-12-6-4-10-24(27)29;2*1-5(2,7)6(3,4)8;1-2;/h5-21H,1-4H3;1-17H;2*7-8H,1-4H3;;1H2. The molecule has 13 heteroatoms. The van der Waals surface area contributed by atoms with E-state index in [1.807, 2.05) is 18.2 Å². The fourth-order valence-corrected chi connectivity index (χ4v) is 12.6. The van der Waals surface area contributed by atoms with Gasteiger partial charge < -0.3 is 39.2 Å². The number of benzene rings is 10. The van der Waals surface area contributed by atoms with Crippen LogP contribution in [-0.4, -0.2) is 76.6 Å². The summed E-state index contributed by atoms with van der Waals surface area (Å²) in [7, 11) is 7.57. The first kappa shape index (κ1) is 64.9. The molecule has 4 N–H and O–H groups in total. The van der Waals surface area contributed by atoms with E-state index in [9.17, 15) is 0 Å². The fourth-order valence-electron chi connectivity index (χ4n) is 12.5. The molecule has 0 amide bonds. The van der Waals surface area contributed by atoms with Crippen molar-refractivity contribution in [2.24, 2.45) is 0 Å². The molecular weight excluding hydrogens is 1140 g/mol. The number of hydrogen-bond acceptors (Lipinski definition) is 8. The van der Waals surface area contributed by atoms with Gasteiger partial charge in [0.25, 0.3) is 0 Å². The molecule has 0 unspecified atom stereocenters. The van der Waals surface area contributed by atoms with Gasteiger partial charge in [-0.15, -0.1) is 0 Å². The Kier molecular flexibility index (Phi) is 17.2. The molecule has 0 saturated carbocycles. The number of halogens is 1. The van der Waals surface area contributed by atoms with Gasteiger partial charge in [0.1, 0.15) is 23.0 Å². The number of para-hydroxylation sites is 4. The summed E-state index contributed by atoms with van der Waals surface area (Å²) in [5.74, 6) is 3.61. The van der Waals surface area contributed by atoms with Crippen molar-refractivity contribution in [3.05, 3.63) is 256 Å². The predicted molar refractivity (Wildman–Crippen MR) is 370 cm³/mol. The average Bonchev–Trinajstić information content (AvgIpc) is 1.56. The second kappa shape index (κ2) is 23.6. The Morgan fingerprint density at radius 1 is 0.371 bits per heavy atom. The van der Waals surface area contributed by atoms with E-state index < -0.39 is 51.6 Å². The second-order valence-electron chi connectivity index (χ2n) is 26.4. The van der Waals surface area contributed by atoms with E-state index in [2.05, 4.69) is 231 Å². The molecular formula is C76H76B3ClO8S. The molecule has 8 nitrogen and oxygen atoms in total. The van der Waals surface area contributed by atoms with Crippen molar-refractivity contribution in [2.75, 3.05) is 0 Å². The highest BCUT2D eigenvalue weighted by Gasteiger charge is 2.55. The van der Waals surface area contributed by atoms with Crippen LogP contribution in [0.2, 0.25) is 5.02 Å². The van der Waals surface area contributed by atoms with Gasteiger partial charge in [-0.05, 0) is 191 Å². The summed E-state index contributed by atoms with van der Waals surface area (Å²) in [6.45, 7) is 21.0. The smallest absolute Gasteiger partial charge is 0.457 e. The van der Waals surface area contributed by atoms with E-state index in [1.165, 1.54) is 88.3 Å². The highest BCUT2D eigenvalue weighted by atomic mass is 35.5. The van der Waals surface area contributed by atoms with Gasteiger partial charge in [0.2, 0.25) is 0 Å². The molecule has 1 saturated heterocycles. The van der Waals surface area contributed by atoms with Crippen molar-refractivity contribution >= 4 is 74.7 Å². The number of rotatable bonds is 3. The zero-order valence-electron chi connectivity index (χ0n) is 52.7. The highest BCUT2D eigenvalue weighted by Crippen LogP contribution is 2.65. The maximum absolute atomic E-state index is 9.10. The van der Waals surface area contributed by atoms with E-state index in [0.29, 0.717) is 0 Å². The Morgan fingerprint density at radius 2 is 0.674 bits per heavy atom. The molecule has 2 spiro atoms. The average molecular weight is 1220 g/mol. The normalized spacial score (nSPS) is 15.9. The monoisotopic (exact) mass is 1220 g/mol. The van der Waals surface area contributed by atoms with Crippen LogP contribution in [0, 0.1) is 0 Å². The number of ether oxygens (including phenoxy) is 2. The molecule has 2 aliphatic carbocycles. The van der Waals surface area contributed by atoms with Gasteiger partial charge in [0.15, 0.2) is 0 Å². The molecule has 10 aromatic rings. The SMILES string of the molecule is CC(C)(O)C(C)(C)O.CC(C)(O)C(C)(C)O.CC1(C)OB(c2ccc3c(c2)-c2c(ccc4ccccc24)C32c3ccccc3Oc3ccccc32)OC1(C)C.Clc1ccc2c(c1)-c1c(ccc3ccccc13)C21c2ccccc2Oc2ccccc21.S.[B][B]. The van der Waals surface area contributed by atoms with Crippen molar-refractivity contribution in [3.63, 3.8) is 0 Å². The largest absolute Gasteiger partial charge is 0.494 e. The maximum Gasteiger partial charge on any atom is 0.494 e. The van der Waals surface area contributed by atoms with Crippen molar-refractivity contribution in [1.29, 1.82) is 0 Å². The molecule has 15 rings (SSSR count). The summed E-state index contributed by atoms with van der Waals surface area (Å²) in [5, 5.41) is 42.1. The summed E-state index contributed by atoms with van der Waals surface area (Å²) in [4.78, 5) is 0. The van der Waals surface area contributed by atoms with Gasteiger partial charge in [-0.2, -0.15) is 13.5 Å². The first-order valence-corrected chi connectivity index (χ1v) is 30.3. The van der Waals surface area contributed by atoms with E-state index in [1.54, 1.807) is 55.4 Å². The van der Waals surface area contributed by atoms with E-state index in [4.69, 9.17) is 50.8 Å². The minimum atomic E-state index is -1.01. The summed E-state index contributed by atoms with van der Waals surface area (Å²) >= 11 is 6.54. The molecule has 3 aliphatic heterocycles. The van der Waals surface area contributed by atoms with Gasteiger partial charge >= 0.3 is 7.12 Å². The molecule has 89 heavy (non-hydrogen) atoms. The van der Waals surface area contributed by atoms with E-state index >= 15 is 0 Å². The van der Waals surface area contributed by atoms with Crippen molar-refractivity contribution in [1.82, 2.24) is 0 Å².